The van der Waals surface area contributed by atoms with E-state index in [0.717, 1.165) is 16.2 Å². The molecule has 0 amide bonds. The molecule has 1 aromatic heterocycles. The molecule has 0 fully saturated rings. The fourth-order valence-corrected chi connectivity index (χ4v) is 1.97. The van der Waals surface area contributed by atoms with Crippen molar-refractivity contribution < 1.29 is 9.90 Å². The number of nitrogens with two attached hydrogens (primary N) is 1. The van der Waals surface area contributed by atoms with Crippen LogP contribution in [0.3, 0.4) is 0 Å². The van der Waals surface area contributed by atoms with Crippen molar-refractivity contribution in [3.63, 3.8) is 0 Å². The first-order chi connectivity index (χ1) is 5.72. The van der Waals surface area contributed by atoms with Crippen molar-refractivity contribution in [2.24, 2.45) is 5.73 Å². The van der Waals surface area contributed by atoms with Crippen molar-refractivity contribution in [3.8, 4) is 0 Å². The summed E-state index contributed by atoms with van der Waals surface area (Å²) in [6.07, 6.45) is 0.958. The van der Waals surface area contributed by atoms with Crippen molar-refractivity contribution in [2.75, 3.05) is 6.54 Å². The molecule has 3 nitrogen and oxygen atoms in total. The molecule has 0 spiro atoms. The molecule has 0 saturated carbocycles. The molecule has 0 aliphatic rings. The molecule has 0 bridgehead atoms. The summed E-state index contributed by atoms with van der Waals surface area (Å²) in [7, 11) is 0. The Morgan fingerprint density at radius 1 is 1.50 bits per heavy atom. The minimum Gasteiger partial charge on any atom is -0.481 e. The number of hydrogen-bond acceptors (Lipinski definition) is 3. The molecule has 0 aliphatic carbocycles. The quantitative estimate of drug-likeness (QED) is 0.731. The normalized spacial score (nSPS) is 10.1. The predicted molar refractivity (Wildman–Crippen MR) is 48.4 cm³/mol. The summed E-state index contributed by atoms with van der Waals surface area (Å²) < 4.78 is 0. The third-order valence-corrected chi connectivity index (χ3v) is 2.58. The Morgan fingerprint density at radius 3 is 2.75 bits per heavy atom. The molecule has 66 valence electrons. The number of aliphatic carboxylic acids is 1. The van der Waals surface area contributed by atoms with Crippen LogP contribution in [-0.2, 0) is 17.6 Å². The van der Waals surface area contributed by atoms with Crippen LogP contribution in [0.15, 0.2) is 12.1 Å². The van der Waals surface area contributed by atoms with Crippen LogP contribution in [0.2, 0.25) is 0 Å². The lowest BCUT2D eigenvalue weighted by molar-refractivity contribution is -0.136. The highest BCUT2D eigenvalue weighted by Crippen LogP contribution is 2.16. The lowest BCUT2D eigenvalue weighted by Gasteiger charge is -1.90. The molecule has 0 saturated heterocycles. The lowest BCUT2D eigenvalue weighted by Crippen LogP contribution is -2.00. The minimum absolute atomic E-state index is 0.120. The summed E-state index contributed by atoms with van der Waals surface area (Å²) in [6, 6.07) is 3.79. The molecular formula is C8H11NO2S. The zero-order valence-corrected chi connectivity index (χ0v) is 7.43. The fraction of sp³-hybridized carbons (Fsp3) is 0.375. The number of carboxylic acid groups (broad SMARTS) is 1. The standard InChI is InChI=1S/C8H11NO2S/c9-4-3-6-1-2-7(12-6)5-8(10)11/h1-2H,3-5,9H2,(H,10,11). The first-order valence-corrected chi connectivity index (χ1v) is 4.53. The van der Waals surface area contributed by atoms with Gasteiger partial charge < -0.3 is 10.8 Å². The average Bonchev–Trinajstić information content (AvgIpc) is 2.36. The van der Waals surface area contributed by atoms with E-state index in [1.165, 1.54) is 11.3 Å². The largest absolute Gasteiger partial charge is 0.481 e. The van der Waals surface area contributed by atoms with E-state index in [0.29, 0.717) is 6.54 Å². The zero-order chi connectivity index (χ0) is 8.97. The van der Waals surface area contributed by atoms with Crippen molar-refractivity contribution in [3.05, 3.63) is 21.9 Å². The Labute approximate surface area is 74.8 Å². The van der Waals surface area contributed by atoms with Gasteiger partial charge in [0.2, 0.25) is 0 Å². The van der Waals surface area contributed by atoms with Gasteiger partial charge in [-0.2, -0.15) is 0 Å². The van der Waals surface area contributed by atoms with Gasteiger partial charge in [-0.15, -0.1) is 11.3 Å². The van der Waals surface area contributed by atoms with Crippen molar-refractivity contribution >= 4 is 17.3 Å². The molecule has 1 rings (SSSR count). The average molecular weight is 185 g/mol. The van der Waals surface area contributed by atoms with Gasteiger partial charge in [-0.25, -0.2) is 0 Å². The molecule has 0 atom stereocenters. The van der Waals surface area contributed by atoms with Gasteiger partial charge >= 0.3 is 5.97 Å². The molecule has 4 heteroatoms. The van der Waals surface area contributed by atoms with Crippen molar-refractivity contribution in [2.45, 2.75) is 12.8 Å². The topological polar surface area (TPSA) is 63.3 Å². The Hall–Kier alpha value is -0.870. The molecule has 0 aromatic carbocycles. The molecular weight excluding hydrogens is 174 g/mol. The van der Waals surface area contributed by atoms with Crippen LogP contribution >= 0.6 is 11.3 Å². The summed E-state index contributed by atoms with van der Waals surface area (Å²) in [4.78, 5) is 12.4. The van der Waals surface area contributed by atoms with Crippen LogP contribution in [0.4, 0.5) is 0 Å². The second-order valence-electron chi connectivity index (χ2n) is 2.48. The Bertz CT molecular complexity index is 270. The first kappa shape index (κ1) is 9.22. The van der Waals surface area contributed by atoms with Crippen LogP contribution in [0.1, 0.15) is 9.75 Å². The molecule has 0 unspecified atom stereocenters. The monoisotopic (exact) mass is 185 g/mol. The Balaban J connectivity index is 2.58. The van der Waals surface area contributed by atoms with Crippen LogP contribution in [0, 0.1) is 0 Å². The fourth-order valence-electron chi connectivity index (χ4n) is 0.943. The molecule has 1 aromatic rings. The maximum Gasteiger partial charge on any atom is 0.308 e. The van der Waals surface area contributed by atoms with E-state index in [4.69, 9.17) is 10.8 Å². The van der Waals surface area contributed by atoms with Crippen LogP contribution < -0.4 is 5.73 Å². The molecule has 1 heterocycles. The van der Waals surface area contributed by atoms with E-state index in [1.807, 2.05) is 12.1 Å². The van der Waals surface area contributed by atoms with E-state index >= 15 is 0 Å². The molecule has 3 N–H and O–H groups in total. The van der Waals surface area contributed by atoms with Crippen LogP contribution in [0.5, 0.6) is 0 Å². The SMILES string of the molecule is NCCc1ccc(CC(=O)O)s1. The first-order valence-electron chi connectivity index (χ1n) is 3.72. The summed E-state index contributed by atoms with van der Waals surface area (Å²) >= 11 is 1.52. The van der Waals surface area contributed by atoms with E-state index in [-0.39, 0.29) is 6.42 Å². The van der Waals surface area contributed by atoms with Gasteiger partial charge in [0.05, 0.1) is 6.42 Å². The summed E-state index contributed by atoms with van der Waals surface area (Å²) in [5.74, 6) is -0.781. The maximum absolute atomic E-state index is 10.3. The Kier molecular flexibility index (Phi) is 3.25. The highest BCUT2D eigenvalue weighted by Gasteiger charge is 2.03. The predicted octanol–water partition coefficient (Wildman–Crippen LogP) is 0.876. The van der Waals surface area contributed by atoms with Gasteiger partial charge in [-0.05, 0) is 25.1 Å². The van der Waals surface area contributed by atoms with E-state index in [2.05, 4.69) is 0 Å². The van der Waals surface area contributed by atoms with E-state index in [1.54, 1.807) is 0 Å². The Morgan fingerprint density at radius 2 is 2.17 bits per heavy atom. The van der Waals surface area contributed by atoms with Gasteiger partial charge in [0.15, 0.2) is 0 Å². The molecule has 0 radical (unpaired) electrons. The van der Waals surface area contributed by atoms with E-state index < -0.39 is 5.97 Å². The maximum atomic E-state index is 10.3. The summed E-state index contributed by atoms with van der Waals surface area (Å²) in [5, 5.41) is 8.49. The number of carboxylic acids is 1. The number of rotatable bonds is 4. The number of hydrogen-bond donors (Lipinski definition) is 2. The summed E-state index contributed by atoms with van der Waals surface area (Å²) in [6.45, 7) is 0.618. The minimum atomic E-state index is -0.781. The number of carbonyl (C=O) groups is 1. The van der Waals surface area contributed by atoms with Gasteiger partial charge in [0.1, 0.15) is 0 Å². The van der Waals surface area contributed by atoms with Gasteiger partial charge in [0, 0.05) is 9.75 Å². The second kappa shape index (κ2) is 4.23. The lowest BCUT2D eigenvalue weighted by atomic mass is 10.3. The van der Waals surface area contributed by atoms with Gasteiger partial charge in [0.25, 0.3) is 0 Å². The highest BCUT2D eigenvalue weighted by atomic mass is 32.1. The van der Waals surface area contributed by atoms with Crippen LogP contribution in [0.25, 0.3) is 0 Å². The van der Waals surface area contributed by atoms with Crippen LogP contribution in [-0.4, -0.2) is 17.6 Å². The van der Waals surface area contributed by atoms with Gasteiger partial charge in [-0.1, -0.05) is 0 Å². The van der Waals surface area contributed by atoms with E-state index in [9.17, 15) is 4.79 Å². The third kappa shape index (κ3) is 2.64. The third-order valence-electron chi connectivity index (χ3n) is 1.43. The van der Waals surface area contributed by atoms with Crippen molar-refractivity contribution in [1.82, 2.24) is 0 Å². The van der Waals surface area contributed by atoms with Crippen molar-refractivity contribution in [1.29, 1.82) is 0 Å². The number of thiophene rings is 1. The van der Waals surface area contributed by atoms with Gasteiger partial charge in [-0.3, -0.25) is 4.79 Å². The summed E-state index contributed by atoms with van der Waals surface area (Å²) in [5.41, 5.74) is 5.36. The highest BCUT2D eigenvalue weighted by molar-refractivity contribution is 7.12. The molecule has 0 aliphatic heterocycles. The second-order valence-corrected chi connectivity index (χ2v) is 3.73. The smallest absolute Gasteiger partial charge is 0.308 e. The molecule has 12 heavy (non-hydrogen) atoms. The zero-order valence-electron chi connectivity index (χ0n) is 6.62.